The summed E-state index contributed by atoms with van der Waals surface area (Å²) in [5.74, 6) is 0.440. The lowest BCUT2D eigenvalue weighted by Gasteiger charge is -2.18. The molecule has 0 saturated heterocycles. The number of benzene rings is 1. The molecule has 108 valence electrons. The summed E-state index contributed by atoms with van der Waals surface area (Å²) in [6, 6.07) is 7.21. The van der Waals surface area contributed by atoms with E-state index in [0.29, 0.717) is 11.3 Å². The highest BCUT2D eigenvalue weighted by Crippen LogP contribution is 2.19. The first-order valence-corrected chi connectivity index (χ1v) is 7.14. The SMILES string of the molecule is CC(=O)c1cccc(O[C@H](C)C(=O)NC2CCCC2)c1. The molecule has 0 bridgehead atoms. The van der Waals surface area contributed by atoms with Gasteiger partial charge >= 0.3 is 0 Å². The monoisotopic (exact) mass is 275 g/mol. The van der Waals surface area contributed by atoms with Gasteiger partial charge in [0.1, 0.15) is 5.75 Å². The number of hydrogen-bond acceptors (Lipinski definition) is 3. The Hall–Kier alpha value is -1.84. The summed E-state index contributed by atoms with van der Waals surface area (Å²) < 4.78 is 5.61. The molecule has 1 N–H and O–H groups in total. The molecule has 0 spiro atoms. The number of ketones is 1. The van der Waals surface area contributed by atoms with E-state index in [2.05, 4.69) is 5.32 Å². The van der Waals surface area contributed by atoms with Crippen LogP contribution in [0.3, 0.4) is 0 Å². The van der Waals surface area contributed by atoms with Crippen LogP contribution >= 0.6 is 0 Å². The average molecular weight is 275 g/mol. The summed E-state index contributed by atoms with van der Waals surface area (Å²) in [6.07, 6.45) is 3.91. The summed E-state index contributed by atoms with van der Waals surface area (Å²) in [7, 11) is 0. The van der Waals surface area contributed by atoms with Gasteiger partial charge in [-0.15, -0.1) is 0 Å². The molecule has 1 aliphatic rings. The second-order valence-corrected chi connectivity index (χ2v) is 5.33. The third-order valence-corrected chi connectivity index (χ3v) is 3.62. The molecule has 0 aliphatic heterocycles. The van der Waals surface area contributed by atoms with E-state index in [0.717, 1.165) is 12.8 Å². The summed E-state index contributed by atoms with van der Waals surface area (Å²) in [4.78, 5) is 23.3. The van der Waals surface area contributed by atoms with Gasteiger partial charge in [-0.3, -0.25) is 9.59 Å². The van der Waals surface area contributed by atoms with E-state index in [1.165, 1.54) is 19.8 Å². The summed E-state index contributed by atoms with van der Waals surface area (Å²) in [5, 5.41) is 3.01. The van der Waals surface area contributed by atoms with Crippen LogP contribution in [0.2, 0.25) is 0 Å². The van der Waals surface area contributed by atoms with E-state index in [1.807, 2.05) is 0 Å². The zero-order chi connectivity index (χ0) is 14.5. The van der Waals surface area contributed by atoms with E-state index in [-0.39, 0.29) is 17.7 Å². The van der Waals surface area contributed by atoms with Crippen LogP contribution in [0.5, 0.6) is 5.75 Å². The van der Waals surface area contributed by atoms with Gasteiger partial charge in [-0.1, -0.05) is 25.0 Å². The summed E-state index contributed by atoms with van der Waals surface area (Å²) in [5.41, 5.74) is 0.589. The highest BCUT2D eigenvalue weighted by Gasteiger charge is 2.21. The molecule has 0 aromatic heterocycles. The molecule has 0 unspecified atom stereocenters. The summed E-state index contributed by atoms with van der Waals surface area (Å²) in [6.45, 7) is 3.24. The molecule has 1 aromatic carbocycles. The fraction of sp³-hybridized carbons (Fsp3) is 0.500. The van der Waals surface area contributed by atoms with Gasteiger partial charge in [0.05, 0.1) is 0 Å². The lowest BCUT2D eigenvalue weighted by atomic mass is 10.1. The number of amides is 1. The van der Waals surface area contributed by atoms with E-state index < -0.39 is 6.10 Å². The predicted molar refractivity (Wildman–Crippen MR) is 76.9 cm³/mol. The lowest BCUT2D eigenvalue weighted by molar-refractivity contribution is -0.127. The minimum Gasteiger partial charge on any atom is -0.481 e. The van der Waals surface area contributed by atoms with Crippen LogP contribution in [0.15, 0.2) is 24.3 Å². The van der Waals surface area contributed by atoms with Crippen LogP contribution in [0.1, 0.15) is 49.9 Å². The van der Waals surface area contributed by atoms with Gasteiger partial charge in [-0.05, 0) is 38.8 Å². The third kappa shape index (κ3) is 3.83. The Morgan fingerprint density at radius 1 is 1.30 bits per heavy atom. The maximum absolute atomic E-state index is 12.0. The molecular formula is C16H21NO3. The molecule has 2 rings (SSSR count). The topological polar surface area (TPSA) is 55.4 Å². The molecule has 0 heterocycles. The quantitative estimate of drug-likeness (QED) is 0.841. The number of hydrogen-bond donors (Lipinski definition) is 1. The smallest absolute Gasteiger partial charge is 0.260 e. The van der Waals surface area contributed by atoms with E-state index in [9.17, 15) is 9.59 Å². The zero-order valence-corrected chi connectivity index (χ0v) is 12.0. The maximum atomic E-state index is 12.0. The molecular weight excluding hydrogens is 254 g/mol. The van der Waals surface area contributed by atoms with E-state index in [4.69, 9.17) is 4.74 Å². The van der Waals surface area contributed by atoms with Crippen LogP contribution in [0.4, 0.5) is 0 Å². The second kappa shape index (κ2) is 6.55. The van der Waals surface area contributed by atoms with Gasteiger partial charge in [0, 0.05) is 11.6 Å². The minimum atomic E-state index is -0.558. The van der Waals surface area contributed by atoms with Crippen LogP contribution in [-0.2, 0) is 4.79 Å². The molecule has 1 aromatic rings. The highest BCUT2D eigenvalue weighted by molar-refractivity contribution is 5.94. The van der Waals surface area contributed by atoms with Crippen molar-refractivity contribution in [3.63, 3.8) is 0 Å². The minimum absolute atomic E-state index is 0.0153. The Morgan fingerprint density at radius 3 is 2.65 bits per heavy atom. The third-order valence-electron chi connectivity index (χ3n) is 3.62. The van der Waals surface area contributed by atoms with Crippen molar-refractivity contribution in [1.82, 2.24) is 5.32 Å². The van der Waals surface area contributed by atoms with Crippen LogP contribution in [-0.4, -0.2) is 23.8 Å². The first-order chi connectivity index (χ1) is 9.56. The highest BCUT2D eigenvalue weighted by atomic mass is 16.5. The van der Waals surface area contributed by atoms with Crippen molar-refractivity contribution in [1.29, 1.82) is 0 Å². The van der Waals surface area contributed by atoms with Crippen molar-refractivity contribution < 1.29 is 14.3 Å². The molecule has 4 nitrogen and oxygen atoms in total. The lowest BCUT2D eigenvalue weighted by Crippen LogP contribution is -2.41. The Kier molecular flexibility index (Phi) is 4.77. The molecule has 1 amide bonds. The van der Waals surface area contributed by atoms with Gasteiger partial charge in [-0.25, -0.2) is 0 Å². The molecule has 1 aliphatic carbocycles. The predicted octanol–water partition coefficient (Wildman–Crippen LogP) is 2.72. The second-order valence-electron chi connectivity index (χ2n) is 5.33. The van der Waals surface area contributed by atoms with Crippen LogP contribution < -0.4 is 10.1 Å². The molecule has 1 atom stereocenters. The fourth-order valence-corrected chi connectivity index (χ4v) is 2.43. The largest absolute Gasteiger partial charge is 0.481 e. The Balaban J connectivity index is 1.92. The van der Waals surface area contributed by atoms with E-state index in [1.54, 1.807) is 31.2 Å². The first-order valence-electron chi connectivity index (χ1n) is 7.14. The molecule has 1 saturated carbocycles. The van der Waals surface area contributed by atoms with Crippen LogP contribution in [0, 0.1) is 0 Å². The molecule has 20 heavy (non-hydrogen) atoms. The van der Waals surface area contributed by atoms with Crippen molar-refractivity contribution in [3.8, 4) is 5.75 Å². The molecule has 0 radical (unpaired) electrons. The molecule has 1 fully saturated rings. The summed E-state index contributed by atoms with van der Waals surface area (Å²) >= 11 is 0. The zero-order valence-electron chi connectivity index (χ0n) is 12.0. The van der Waals surface area contributed by atoms with Crippen molar-refractivity contribution in [2.75, 3.05) is 0 Å². The number of Topliss-reactive ketones (excluding diaryl/α,β-unsaturated/α-hetero) is 1. The number of carbonyl (C=O) groups excluding carboxylic acids is 2. The van der Waals surface area contributed by atoms with Gasteiger partial charge in [-0.2, -0.15) is 0 Å². The van der Waals surface area contributed by atoms with Crippen molar-refractivity contribution >= 4 is 11.7 Å². The average Bonchev–Trinajstić information content (AvgIpc) is 2.91. The van der Waals surface area contributed by atoms with Crippen molar-refractivity contribution in [2.45, 2.75) is 51.7 Å². The number of rotatable bonds is 5. The standard InChI is InChI=1S/C16H21NO3/c1-11(18)13-6-5-9-15(10-13)20-12(2)16(19)17-14-7-3-4-8-14/h5-6,9-10,12,14H,3-4,7-8H2,1-2H3,(H,17,19)/t12-/m1/s1. The Morgan fingerprint density at radius 2 is 2.00 bits per heavy atom. The number of nitrogens with one attached hydrogen (secondary N) is 1. The normalized spacial score (nSPS) is 16.7. The van der Waals surface area contributed by atoms with Gasteiger partial charge < -0.3 is 10.1 Å². The first kappa shape index (κ1) is 14.6. The number of carbonyl (C=O) groups is 2. The Labute approximate surface area is 119 Å². The fourth-order valence-electron chi connectivity index (χ4n) is 2.43. The van der Waals surface area contributed by atoms with Gasteiger partial charge in [0.2, 0.25) is 0 Å². The number of ether oxygens (including phenoxy) is 1. The van der Waals surface area contributed by atoms with Gasteiger partial charge in [0.25, 0.3) is 5.91 Å². The Bertz CT molecular complexity index is 492. The maximum Gasteiger partial charge on any atom is 0.260 e. The van der Waals surface area contributed by atoms with Crippen molar-refractivity contribution in [3.05, 3.63) is 29.8 Å². The molecule has 4 heteroatoms. The van der Waals surface area contributed by atoms with Gasteiger partial charge in [0.15, 0.2) is 11.9 Å². The van der Waals surface area contributed by atoms with Crippen LogP contribution in [0.25, 0.3) is 0 Å². The van der Waals surface area contributed by atoms with Crippen molar-refractivity contribution in [2.24, 2.45) is 0 Å². The van der Waals surface area contributed by atoms with E-state index >= 15 is 0 Å².